The van der Waals surface area contributed by atoms with Crippen LogP contribution in [-0.4, -0.2) is 47.3 Å². The summed E-state index contributed by atoms with van der Waals surface area (Å²) in [6, 6.07) is 9.73. The zero-order chi connectivity index (χ0) is 15.0. The summed E-state index contributed by atoms with van der Waals surface area (Å²) in [6.07, 6.45) is 2.19. The normalized spacial score (nSPS) is 21.1. The third-order valence-corrected chi connectivity index (χ3v) is 4.35. The van der Waals surface area contributed by atoms with Gasteiger partial charge in [0, 0.05) is 19.1 Å². The molecule has 1 aromatic carbocycles. The van der Waals surface area contributed by atoms with Gasteiger partial charge in [0.2, 0.25) is 11.8 Å². The van der Waals surface area contributed by atoms with Crippen LogP contribution in [0, 0.1) is 0 Å². The van der Waals surface area contributed by atoms with Crippen LogP contribution in [0.15, 0.2) is 30.3 Å². The number of nitrogens with two attached hydrogens (primary N) is 1. The summed E-state index contributed by atoms with van der Waals surface area (Å²) >= 11 is 0. The summed E-state index contributed by atoms with van der Waals surface area (Å²) in [7, 11) is 0. The van der Waals surface area contributed by atoms with E-state index in [1.54, 1.807) is 11.8 Å². The van der Waals surface area contributed by atoms with E-state index in [1.165, 1.54) is 0 Å². The van der Waals surface area contributed by atoms with Crippen LogP contribution in [0.4, 0.5) is 0 Å². The Balaban J connectivity index is 0.00000176. The Morgan fingerprint density at radius 2 is 1.86 bits per heavy atom. The van der Waals surface area contributed by atoms with Gasteiger partial charge in [-0.15, -0.1) is 12.4 Å². The van der Waals surface area contributed by atoms with Gasteiger partial charge in [-0.3, -0.25) is 9.59 Å². The number of halogens is 1. The number of hydrogen-bond acceptors (Lipinski definition) is 3. The zero-order valence-corrected chi connectivity index (χ0v) is 13.5. The highest BCUT2D eigenvalue weighted by atomic mass is 35.5. The molecule has 6 heteroatoms. The number of piperazine rings is 1. The van der Waals surface area contributed by atoms with E-state index in [2.05, 4.69) is 0 Å². The van der Waals surface area contributed by atoms with Crippen LogP contribution in [0.2, 0.25) is 0 Å². The van der Waals surface area contributed by atoms with Crippen LogP contribution in [0.1, 0.15) is 25.3 Å². The predicted molar refractivity (Wildman–Crippen MR) is 86.5 cm³/mol. The lowest BCUT2D eigenvalue weighted by Gasteiger charge is -2.38. The fourth-order valence-electron chi connectivity index (χ4n) is 2.87. The standard InChI is InChI=1S/C16H21N3O2.ClH/c1-16(17,12-5-3-2-4-6-12)15(21)18-9-10-19(13-7-8-13)14(20)11-18;/h2-6,13H,7-11,17H2,1H3;1H. The maximum absolute atomic E-state index is 12.7. The van der Waals surface area contributed by atoms with Crippen molar-refractivity contribution in [3.8, 4) is 0 Å². The maximum Gasteiger partial charge on any atom is 0.247 e. The van der Waals surface area contributed by atoms with Crippen molar-refractivity contribution >= 4 is 24.2 Å². The highest BCUT2D eigenvalue weighted by molar-refractivity contribution is 5.91. The lowest BCUT2D eigenvalue weighted by atomic mass is 9.91. The Morgan fingerprint density at radius 1 is 1.23 bits per heavy atom. The van der Waals surface area contributed by atoms with Gasteiger partial charge in [0.1, 0.15) is 5.54 Å². The largest absolute Gasteiger partial charge is 0.336 e. The first kappa shape index (κ1) is 16.8. The second-order valence-electron chi connectivity index (χ2n) is 6.11. The molecule has 5 nitrogen and oxygen atoms in total. The van der Waals surface area contributed by atoms with E-state index >= 15 is 0 Å². The van der Waals surface area contributed by atoms with Gasteiger partial charge in [-0.25, -0.2) is 0 Å². The molecule has 1 aliphatic carbocycles. The number of nitrogens with zero attached hydrogens (tertiary/aromatic N) is 2. The van der Waals surface area contributed by atoms with Crippen molar-refractivity contribution in [3.63, 3.8) is 0 Å². The molecule has 1 aliphatic heterocycles. The quantitative estimate of drug-likeness (QED) is 0.906. The smallest absolute Gasteiger partial charge is 0.247 e. The summed E-state index contributed by atoms with van der Waals surface area (Å²) in [6.45, 7) is 3.05. The molecule has 1 atom stereocenters. The number of hydrogen-bond donors (Lipinski definition) is 1. The van der Waals surface area contributed by atoms with E-state index in [-0.39, 0.29) is 30.8 Å². The molecular formula is C16H22ClN3O2. The fraction of sp³-hybridized carbons (Fsp3) is 0.500. The molecule has 1 saturated heterocycles. The molecule has 0 radical (unpaired) electrons. The number of benzene rings is 1. The minimum atomic E-state index is -1.09. The Hall–Kier alpha value is -1.59. The predicted octanol–water partition coefficient (Wildman–Crippen LogP) is 1.12. The summed E-state index contributed by atoms with van der Waals surface area (Å²) in [5, 5.41) is 0. The molecule has 1 aromatic rings. The van der Waals surface area contributed by atoms with Crippen LogP contribution in [0.25, 0.3) is 0 Å². The molecule has 0 bridgehead atoms. The third-order valence-electron chi connectivity index (χ3n) is 4.35. The van der Waals surface area contributed by atoms with Crippen molar-refractivity contribution < 1.29 is 9.59 Å². The minimum absolute atomic E-state index is 0. The number of carbonyl (C=O) groups excluding carboxylic acids is 2. The second kappa shape index (κ2) is 6.26. The van der Waals surface area contributed by atoms with E-state index in [0.29, 0.717) is 19.1 Å². The molecule has 2 N–H and O–H groups in total. The molecule has 2 aliphatic rings. The summed E-state index contributed by atoms with van der Waals surface area (Å²) in [5.74, 6) is -0.140. The number of carbonyl (C=O) groups is 2. The van der Waals surface area contributed by atoms with Crippen LogP contribution in [0.3, 0.4) is 0 Å². The van der Waals surface area contributed by atoms with Crippen molar-refractivity contribution in [2.75, 3.05) is 19.6 Å². The molecule has 22 heavy (non-hydrogen) atoms. The van der Waals surface area contributed by atoms with Crippen molar-refractivity contribution in [2.45, 2.75) is 31.3 Å². The SMILES string of the molecule is CC(N)(C(=O)N1CCN(C2CC2)C(=O)C1)c1ccccc1.Cl. The Morgan fingerprint density at radius 3 is 2.41 bits per heavy atom. The van der Waals surface area contributed by atoms with Gasteiger partial charge in [0.05, 0.1) is 6.54 Å². The first-order valence-corrected chi connectivity index (χ1v) is 7.43. The Kier molecular flexibility index (Phi) is 4.78. The molecule has 1 heterocycles. The van der Waals surface area contributed by atoms with Crippen molar-refractivity contribution in [1.29, 1.82) is 0 Å². The lowest BCUT2D eigenvalue weighted by molar-refractivity contribution is -0.148. The first-order chi connectivity index (χ1) is 10.00. The average molecular weight is 324 g/mol. The lowest BCUT2D eigenvalue weighted by Crippen LogP contribution is -2.58. The molecule has 0 spiro atoms. The second-order valence-corrected chi connectivity index (χ2v) is 6.11. The van der Waals surface area contributed by atoms with E-state index in [4.69, 9.17) is 5.73 Å². The summed E-state index contributed by atoms with van der Waals surface area (Å²) in [4.78, 5) is 28.3. The molecule has 2 fully saturated rings. The number of rotatable bonds is 3. The Labute approximate surface area is 136 Å². The molecule has 2 amide bonds. The van der Waals surface area contributed by atoms with Crippen LogP contribution >= 0.6 is 12.4 Å². The van der Waals surface area contributed by atoms with Crippen LogP contribution in [-0.2, 0) is 15.1 Å². The molecule has 1 unspecified atom stereocenters. The summed E-state index contributed by atoms with van der Waals surface area (Å²) < 4.78 is 0. The fourth-order valence-corrected chi connectivity index (χ4v) is 2.87. The molecule has 0 aromatic heterocycles. The van der Waals surface area contributed by atoms with Gasteiger partial charge in [-0.1, -0.05) is 30.3 Å². The van der Waals surface area contributed by atoms with E-state index in [0.717, 1.165) is 18.4 Å². The highest BCUT2D eigenvalue weighted by Crippen LogP contribution is 2.29. The van der Waals surface area contributed by atoms with Crippen molar-refractivity contribution in [2.24, 2.45) is 5.73 Å². The van der Waals surface area contributed by atoms with Gasteiger partial charge < -0.3 is 15.5 Å². The first-order valence-electron chi connectivity index (χ1n) is 7.43. The molecule has 120 valence electrons. The summed E-state index contributed by atoms with van der Waals surface area (Å²) in [5.41, 5.74) is 5.93. The van der Waals surface area contributed by atoms with Gasteiger partial charge >= 0.3 is 0 Å². The monoisotopic (exact) mass is 323 g/mol. The molecular weight excluding hydrogens is 302 g/mol. The van der Waals surface area contributed by atoms with Crippen LogP contribution < -0.4 is 5.73 Å². The highest BCUT2D eigenvalue weighted by Gasteiger charge is 2.40. The van der Waals surface area contributed by atoms with E-state index < -0.39 is 5.54 Å². The van der Waals surface area contributed by atoms with Gasteiger partial charge in [-0.2, -0.15) is 0 Å². The van der Waals surface area contributed by atoms with E-state index in [1.807, 2.05) is 35.2 Å². The topological polar surface area (TPSA) is 66.6 Å². The van der Waals surface area contributed by atoms with Gasteiger partial charge in [-0.05, 0) is 25.3 Å². The molecule has 3 rings (SSSR count). The van der Waals surface area contributed by atoms with Crippen LogP contribution in [0.5, 0.6) is 0 Å². The maximum atomic E-state index is 12.7. The zero-order valence-electron chi connectivity index (χ0n) is 12.7. The van der Waals surface area contributed by atoms with Crippen molar-refractivity contribution in [1.82, 2.24) is 9.80 Å². The van der Waals surface area contributed by atoms with Gasteiger partial charge in [0.15, 0.2) is 0 Å². The minimum Gasteiger partial charge on any atom is -0.336 e. The average Bonchev–Trinajstić information content (AvgIpc) is 3.32. The molecule has 1 saturated carbocycles. The third kappa shape index (κ3) is 3.10. The number of amides is 2. The van der Waals surface area contributed by atoms with Crippen molar-refractivity contribution in [3.05, 3.63) is 35.9 Å². The van der Waals surface area contributed by atoms with E-state index in [9.17, 15) is 9.59 Å². The Bertz CT molecular complexity index is 558. The van der Waals surface area contributed by atoms with Gasteiger partial charge in [0.25, 0.3) is 0 Å².